The SMILES string of the molecule is Cc1onc(-c2ccc(-c3ccc4c(c3)CCC4C(=O)O)cc2)c1NC(=O)OC(C)c1ccccc1. The van der Waals surface area contributed by atoms with Gasteiger partial charge in [-0.25, -0.2) is 4.79 Å². The molecule has 2 N–H and O–H groups in total. The molecule has 0 saturated heterocycles. The van der Waals surface area contributed by atoms with Gasteiger partial charge >= 0.3 is 12.1 Å². The lowest BCUT2D eigenvalue weighted by Crippen LogP contribution is -2.16. The predicted octanol–water partition coefficient (Wildman–Crippen LogP) is 6.74. The monoisotopic (exact) mass is 482 g/mol. The quantitative estimate of drug-likeness (QED) is 0.315. The average molecular weight is 483 g/mol. The van der Waals surface area contributed by atoms with E-state index in [1.165, 1.54) is 0 Å². The molecule has 7 nitrogen and oxygen atoms in total. The molecule has 1 aliphatic carbocycles. The average Bonchev–Trinajstić information content (AvgIpc) is 3.48. The molecule has 7 heteroatoms. The lowest BCUT2D eigenvalue weighted by atomic mass is 9.96. The number of amides is 1. The first-order valence-electron chi connectivity index (χ1n) is 11.9. The number of anilines is 1. The van der Waals surface area contributed by atoms with Crippen molar-refractivity contribution in [3.05, 3.63) is 95.2 Å². The van der Waals surface area contributed by atoms with Crippen molar-refractivity contribution in [2.45, 2.75) is 38.7 Å². The van der Waals surface area contributed by atoms with Crippen LogP contribution >= 0.6 is 0 Å². The summed E-state index contributed by atoms with van der Waals surface area (Å²) in [5.74, 6) is -0.707. The highest BCUT2D eigenvalue weighted by molar-refractivity contribution is 5.91. The minimum absolute atomic E-state index is 0.410. The van der Waals surface area contributed by atoms with Crippen LogP contribution < -0.4 is 5.32 Å². The van der Waals surface area contributed by atoms with E-state index in [4.69, 9.17) is 9.26 Å². The number of aryl methyl sites for hydroxylation is 2. The molecule has 1 amide bonds. The van der Waals surface area contributed by atoms with Gasteiger partial charge in [0.1, 0.15) is 17.5 Å². The first-order valence-corrected chi connectivity index (χ1v) is 11.9. The summed E-state index contributed by atoms with van der Waals surface area (Å²) < 4.78 is 10.9. The Morgan fingerprint density at radius 3 is 2.44 bits per heavy atom. The predicted molar refractivity (Wildman–Crippen MR) is 136 cm³/mol. The number of carbonyl (C=O) groups is 2. The van der Waals surface area contributed by atoms with Gasteiger partial charge in [-0.15, -0.1) is 0 Å². The number of aliphatic carboxylic acids is 1. The zero-order valence-corrected chi connectivity index (χ0v) is 20.0. The number of nitrogens with zero attached hydrogens (tertiary/aromatic N) is 1. The van der Waals surface area contributed by atoms with E-state index >= 15 is 0 Å². The van der Waals surface area contributed by atoms with Crippen LogP contribution in [0.1, 0.15) is 47.8 Å². The number of carbonyl (C=O) groups excluding carboxylic acids is 1. The molecule has 36 heavy (non-hydrogen) atoms. The van der Waals surface area contributed by atoms with Crippen LogP contribution in [0.25, 0.3) is 22.4 Å². The molecule has 0 spiro atoms. The van der Waals surface area contributed by atoms with Gasteiger partial charge in [-0.3, -0.25) is 10.1 Å². The maximum absolute atomic E-state index is 12.6. The van der Waals surface area contributed by atoms with Gasteiger partial charge in [-0.05, 0) is 54.5 Å². The van der Waals surface area contributed by atoms with Crippen LogP contribution in [0.5, 0.6) is 0 Å². The van der Waals surface area contributed by atoms with Crippen molar-refractivity contribution >= 4 is 17.7 Å². The fourth-order valence-corrected chi connectivity index (χ4v) is 4.67. The lowest BCUT2D eigenvalue weighted by Gasteiger charge is -2.14. The van der Waals surface area contributed by atoms with Gasteiger partial charge < -0.3 is 14.4 Å². The Kier molecular flexibility index (Phi) is 6.29. The molecule has 0 aliphatic heterocycles. The summed E-state index contributed by atoms with van der Waals surface area (Å²) in [5.41, 5.74) is 6.69. The summed E-state index contributed by atoms with van der Waals surface area (Å²) in [7, 11) is 0. The summed E-state index contributed by atoms with van der Waals surface area (Å²) in [6.07, 6.45) is 0.409. The minimum Gasteiger partial charge on any atom is -0.481 e. The lowest BCUT2D eigenvalue weighted by molar-refractivity contribution is -0.138. The summed E-state index contributed by atoms with van der Waals surface area (Å²) >= 11 is 0. The van der Waals surface area contributed by atoms with Crippen molar-refractivity contribution in [3.8, 4) is 22.4 Å². The summed E-state index contributed by atoms with van der Waals surface area (Å²) in [5, 5.41) is 16.3. The number of ether oxygens (including phenoxy) is 1. The first kappa shape index (κ1) is 23.4. The van der Waals surface area contributed by atoms with Crippen molar-refractivity contribution in [1.29, 1.82) is 0 Å². The zero-order valence-electron chi connectivity index (χ0n) is 20.0. The van der Waals surface area contributed by atoms with E-state index in [-0.39, 0.29) is 0 Å². The highest BCUT2D eigenvalue weighted by Crippen LogP contribution is 2.37. The largest absolute Gasteiger partial charge is 0.481 e. The Bertz CT molecular complexity index is 1410. The van der Waals surface area contributed by atoms with Crippen LogP contribution in [-0.2, 0) is 16.0 Å². The van der Waals surface area contributed by atoms with Gasteiger partial charge in [0.25, 0.3) is 0 Å². The molecular weight excluding hydrogens is 456 g/mol. The molecule has 1 aromatic heterocycles. The third-order valence-electron chi connectivity index (χ3n) is 6.65. The van der Waals surface area contributed by atoms with Crippen molar-refractivity contribution in [1.82, 2.24) is 5.16 Å². The zero-order chi connectivity index (χ0) is 25.2. The Labute approximate surface area is 208 Å². The van der Waals surface area contributed by atoms with Gasteiger partial charge in [0, 0.05) is 5.56 Å². The van der Waals surface area contributed by atoms with Crippen LogP contribution in [-0.4, -0.2) is 22.3 Å². The minimum atomic E-state index is -0.767. The van der Waals surface area contributed by atoms with E-state index in [2.05, 4.69) is 16.5 Å². The van der Waals surface area contributed by atoms with Gasteiger partial charge in [0.05, 0.1) is 5.92 Å². The number of carboxylic acid groups (broad SMARTS) is 1. The van der Waals surface area contributed by atoms with E-state index in [1.807, 2.05) is 73.7 Å². The molecule has 1 heterocycles. The fourth-order valence-electron chi connectivity index (χ4n) is 4.67. The van der Waals surface area contributed by atoms with E-state index in [0.717, 1.165) is 39.8 Å². The molecule has 1 aliphatic rings. The third-order valence-corrected chi connectivity index (χ3v) is 6.65. The number of benzene rings is 3. The summed E-state index contributed by atoms with van der Waals surface area (Å²) in [6, 6.07) is 23.3. The second-order valence-corrected chi connectivity index (χ2v) is 8.97. The third kappa shape index (κ3) is 4.60. The Hall–Kier alpha value is -4.39. The number of hydrogen-bond acceptors (Lipinski definition) is 5. The first-order chi connectivity index (χ1) is 17.4. The van der Waals surface area contributed by atoms with E-state index in [9.17, 15) is 14.7 Å². The van der Waals surface area contributed by atoms with Crippen molar-refractivity contribution in [2.75, 3.05) is 5.32 Å². The topological polar surface area (TPSA) is 102 Å². The molecule has 182 valence electrons. The number of hydrogen-bond donors (Lipinski definition) is 2. The Morgan fingerprint density at radius 2 is 1.72 bits per heavy atom. The fraction of sp³-hybridized carbons (Fsp3) is 0.207. The number of fused-ring (bicyclic) bond motifs is 1. The Morgan fingerprint density at radius 1 is 1.03 bits per heavy atom. The summed E-state index contributed by atoms with van der Waals surface area (Å²) in [6.45, 7) is 3.55. The molecule has 2 unspecified atom stereocenters. The molecule has 3 aromatic carbocycles. The number of aromatic nitrogens is 1. The van der Waals surface area contributed by atoms with E-state index < -0.39 is 24.1 Å². The molecule has 2 atom stereocenters. The molecule has 0 bridgehead atoms. The highest BCUT2D eigenvalue weighted by Gasteiger charge is 2.28. The van der Waals surface area contributed by atoms with Crippen LogP contribution in [0.15, 0.2) is 77.3 Å². The normalized spacial score (nSPS) is 15.2. The van der Waals surface area contributed by atoms with Crippen LogP contribution in [0.2, 0.25) is 0 Å². The maximum Gasteiger partial charge on any atom is 0.412 e. The van der Waals surface area contributed by atoms with Crippen LogP contribution in [0.3, 0.4) is 0 Å². The van der Waals surface area contributed by atoms with Gasteiger partial charge in [-0.1, -0.05) is 78.0 Å². The molecule has 4 aromatic rings. The number of nitrogens with one attached hydrogen (secondary N) is 1. The van der Waals surface area contributed by atoms with Crippen LogP contribution in [0.4, 0.5) is 10.5 Å². The smallest absolute Gasteiger partial charge is 0.412 e. The summed E-state index contributed by atoms with van der Waals surface area (Å²) in [4.78, 5) is 24.0. The highest BCUT2D eigenvalue weighted by atomic mass is 16.6. The van der Waals surface area contributed by atoms with E-state index in [0.29, 0.717) is 23.6 Å². The van der Waals surface area contributed by atoms with Crippen molar-refractivity contribution in [2.24, 2.45) is 0 Å². The van der Waals surface area contributed by atoms with Crippen LogP contribution in [0, 0.1) is 6.92 Å². The van der Waals surface area contributed by atoms with Gasteiger partial charge in [-0.2, -0.15) is 0 Å². The molecule has 0 saturated carbocycles. The second kappa shape index (κ2) is 9.70. The number of rotatable bonds is 6. The molecular formula is C29H26N2O5. The number of carboxylic acids is 1. The standard InChI is InChI=1S/C29H26N2O5/c1-17(19-6-4-3-5-7-19)35-29(34)30-26-18(2)36-31-27(26)21-10-8-20(9-11-21)22-12-14-24-23(16-22)13-15-25(24)28(32)33/h3-12,14,16-17,25H,13,15H2,1-2H3,(H,30,34)(H,32,33). The van der Waals surface area contributed by atoms with Crippen molar-refractivity contribution < 1.29 is 24.0 Å². The molecule has 0 radical (unpaired) electrons. The second-order valence-electron chi connectivity index (χ2n) is 8.97. The van der Waals surface area contributed by atoms with Crippen molar-refractivity contribution in [3.63, 3.8) is 0 Å². The van der Waals surface area contributed by atoms with Gasteiger partial charge in [0.2, 0.25) is 0 Å². The Balaban J connectivity index is 1.32. The van der Waals surface area contributed by atoms with E-state index in [1.54, 1.807) is 6.92 Å². The molecule has 5 rings (SSSR count). The molecule has 0 fully saturated rings. The van der Waals surface area contributed by atoms with Gasteiger partial charge in [0.15, 0.2) is 5.76 Å². The maximum atomic E-state index is 12.6.